The lowest BCUT2D eigenvalue weighted by Crippen LogP contribution is -2.38. The van der Waals surface area contributed by atoms with E-state index in [2.05, 4.69) is 41.5 Å². The molecule has 0 aliphatic carbocycles. The molecule has 0 saturated carbocycles. The smallest absolute Gasteiger partial charge is 0.191 e. The average molecular weight is 364 g/mol. The molecule has 0 spiro atoms. The Labute approximate surface area is 154 Å². The van der Waals surface area contributed by atoms with Gasteiger partial charge in [0.05, 0.1) is 10.7 Å². The number of hydrogen-bond donors (Lipinski definition) is 2. The third-order valence-electron chi connectivity index (χ3n) is 4.03. The fraction of sp³-hybridized carbons (Fsp3) is 0.611. The van der Waals surface area contributed by atoms with E-state index >= 15 is 0 Å². The van der Waals surface area contributed by atoms with Crippen molar-refractivity contribution in [2.75, 3.05) is 19.6 Å². The minimum atomic E-state index is 0.271. The second kappa shape index (κ2) is 9.56. The lowest BCUT2D eigenvalue weighted by atomic mass is 10.00. The van der Waals surface area contributed by atoms with Crippen molar-refractivity contribution in [2.45, 2.75) is 53.4 Å². The molecule has 1 atom stereocenters. The summed E-state index contributed by atoms with van der Waals surface area (Å²) in [6.45, 7) is 12.7. The minimum absolute atomic E-state index is 0.271. The first-order valence-electron chi connectivity index (χ1n) is 8.93. The van der Waals surface area contributed by atoms with Crippen molar-refractivity contribution in [1.29, 1.82) is 0 Å². The average Bonchev–Trinajstić information content (AvgIpc) is 3.18. The van der Waals surface area contributed by atoms with Crippen LogP contribution in [-0.2, 0) is 12.8 Å². The van der Waals surface area contributed by atoms with Crippen LogP contribution >= 0.6 is 11.3 Å². The van der Waals surface area contributed by atoms with E-state index in [1.807, 2.05) is 20.0 Å². The lowest BCUT2D eigenvalue weighted by Gasteiger charge is -2.13. The summed E-state index contributed by atoms with van der Waals surface area (Å²) in [6, 6.07) is 0. The van der Waals surface area contributed by atoms with Gasteiger partial charge in [0.2, 0.25) is 0 Å². The molecule has 1 unspecified atom stereocenters. The number of guanidine groups is 1. The molecule has 2 aromatic heterocycles. The molecule has 0 saturated heterocycles. The van der Waals surface area contributed by atoms with E-state index in [9.17, 15) is 0 Å². The quantitative estimate of drug-likeness (QED) is 0.556. The monoisotopic (exact) mass is 363 g/mol. The molecule has 0 aliphatic rings. The van der Waals surface area contributed by atoms with Gasteiger partial charge >= 0.3 is 0 Å². The highest BCUT2D eigenvalue weighted by molar-refractivity contribution is 7.11. The number of nitrogens with zero attached hydrogens (tertiary/aromatic N) is 3. The molecule has 0 fully saturated rings. The number of rotatable bonds is 8. The van der Waals surface area contributed by atoms with Gasteiger partial charge in [-0.1, -0.05) is 19.0 Å². The van der Waals surface area contributed by atoms with E-state index in [1.54, 1.807) is 11.3 Å². The van der Waals surface area contributed by atoms with Gasteiger partial charge in [-0.25, -0.2) is 4.98 Å². The summed E-state index contributed by atoms with van der Waals surface area (Å²) in [5.74, 6) is 2.00. The standard InChI is InChI=1S/C18H29N5OS/c1-6-15-11-21-16(25-15)8-9-20-18(19-7-2)22-10-12(3)17-13(4)23-24-14(17)5/h11-12H,6-10H2,1-5H3,(H2,19,20,22). The Kier molecular flexibility index (Phi) is 7.43. The first kappa shape index (κ1) is 19.4. The molecule has 0 radical (unpaired) electrons. The summed E-state index contributed by atoms with van der Waals surface area (Å²) < 4.78 is 5.26. The van der Waals surface area contributed by atoms with Crippen LogP contribution < -0.4 is 10.6 Å². The largest absolute Gasteiger partial charge is 0.361 e. The Morgan fingerprint density at radius 3 is 2.72 bits per heavy atom. The van der Waals surface area contributed by atoms with Gasteiger partial charge in [0.1, 0.15) is 5.76 Å². The van der Waals surface area contributed by atoms with Crippen LogP contribution in [0.25, 0.3) is 0 Å². The van der Waals surface area contributed by atoms with E-state index in [1.165, 1.54) is 9.88 Å². The highest BCUT2D eigenvalue weighted by Gasteiger charge is 2.16. The molecule has 0 amide bonds. The fourth-order valence-corrected chi connectivity index (χ4v) is 3.63. The van der Waals surface area contributed by atoms with Crippen LogP contribution in [0.2, 0.25) is 0 Å². The number of aryl methyl sites for hydroxylation is 3. The van der Waals surface area contributed by atoms with Crippen molar-refractivity contribution in [1.82, 2.24) is 20.8 Å². The van der Waals surface area contributed by atoms with Crippen LogP contribution in [0.15, 0.2) is 15.7 Å². The van der Waals surface area contributed by atoms with Gasteiger partial charge in [0.25, 0.3) is 0 Å². The van der Waals surface area contributed by atoms with Gasteiger partial charge in [0.15, 0.2) is 5.96 Å². The predicted octanol–water partition coefficient (Wildman–Crippen LogP) is 3.21. The predicted molar refractivity (Wildman–Crippen MR) is 104 cm³/mol. The van der Waals surface area contributed by atoms with Gasteiger partial charge in [-0.2, -0.15) is 0 Å². The summed E-state index contributed by atoms with van der Waals surface area (Å²) in [7, 11) is 0. The number of aromatic nitrogens is 2. The molecule has 6 nitrogen and oxygen atoms in total. The highest BCUT2D eigenvalue weighted by Crippen LogP contribution is 2.23. The Morgan fingerprint density at radius 2 is 2.12 bits per heavy atom. The summed E-state index contributed by atoms with van der Waals surface area (Å²) in [5.41, 5.74) is 2.11. The van der Waals surface area contributed by atoms with Crippen molar-refractivity contribution >= 4 is 17.3 Å². The van der Waals surface area contributed by atoms with Crippen LogP contribution in [0.4, 0.5) is 0 Å². The number of hydrogen-bond acceptors (Lipinski definition) is 5. The second-order valence-corrected chi connectivity index (χ2v) is 7.31. The van der Waals surface area contributed by atoms with Crippen molar-refractivity contribution in [3.05, 3.63) is 33.1 Å². The zero-order chi connectivity index (χ0) is 18.2. The van der Waals surface area contributed by atoms with Crippen molar-refractivity contribution in [3.63, 3.8) is 0 Å². The molecule has 0 aliphatic heterocycles. The van der Waals surface area contributed by atoms with E-state index in [-0.39, 0.29) is 5.92 Å². The Morgan fingerprint density at radius 1 is 1.32 bits per heavy atom. The van der Waals surface area contributed by atoms with E-state index < -0.39 is 0 Å². The van der Waals surface area contributed by atoms with Crippen LogP contribution in [0, 0.1) is 13.8 Å². The first-order valence-corrected chi connectivity index (χ1v) is 9.75. The normalized spacial score (nSPS) is 13.1. The van der Waals surface area contributed by atoms with E-state index in [0.29, 0.717) is 6.54 Å². The Balaban J connectivity index is 1.89. The van der Waals surface area contributed by atoms with E-state index in [4.69, 9.17) is 9.52 Å². The number of thiazole rings is 1. The van der Waals surface area contributed by atoms with Crippen LogP contribution in [-0.4, -0.2) is 35.7 Å². The molecular formula is C18H29N5OS. The third kappa shape index (κ3) is 5.56. The van der Waals surface area contributed by atoms with E-state index in [0.717, 1.165) is 48.9 Å². The lowest BCUT2D eigenvalue weighted by molar-refractivity contribution is 0.391. The third-order valence-corrected chi connectivity index (χ3v) is 5.23. The number of aliphatic imine (C=N–C) groups is 1. The van der Waals surface area contributed by atoms with Crippen LogP contribution in [0.5, 0.6) is 0 Å². The Hall–Kier alpha value is -1.89. The molecule has 7 heteroatoms. The molecule has 2 N–H and O–H groups in total. The molecular weight excluding hydrogens is 334 g/mol. The minimum Gasteiger partial charge on any atom is -0.361 e. The SMILES string of the molecule is CCNC(=NCC(C)c1c(C)noc1C)NCCc1ncc(CC)s1. The van der Waals surface area contributed by atoms with Gasteiger partial charge < -0.3 is 15.2 Å². The Bertz CT molecular complexity index is 672. The summed E-state index contributed by atoms with van der Waals surface area (Å²) in [5, 5.41) is 11.9. The first-order chi connectivity index (χ1) is 12.0. The second-order valence-electron chi connectivity index (χ2n) is 6.11. The summed E-state index contributed by atoms with van der Waals surface area (Å²) >= 11 is 1.79. The van der Waals surface area contributed by atoms with Crippen molar-refractivity contribution < 1.29 is 4.52 Å². The molecule has 138 valence electrons. The molecule has 25 heavy (non-hydrogen) atoms. The molecule has 2 aromatic rings. The van der Waals surface area contributed by atoms with Crippen molar-refractivity contribution in [2.24, 2.45) is 4.99 Å². The summed E-state index contributed by atoms with van der Waals surface area (Å²) in [4.78, 5) is 10.5. The van der Waals surface area contributed by atoms with Gasteiger partial charge in [-0.3, -0.25) is 4.99 Å². The molecule has 0 bridgehead atoms. The van der Waals surface area contributed by atoms with Gasteiger partial charge in [0, 0.05) is 48.6 Å². The molecule has 2 heterocycles. The zero-order valence-electron chi connectivity index (χ0n) is 15.8. The maximum absolute atomic E-state index is 5.26. The van der Waals surface area contributed by atoms with Crippen molar-refractivity contribution in [3.8, 4) is 0 Å². The fourth-order valence-electron chi connectivity index (χ4n) is 2.77. The maximum atomic E-state index is 5.26. The van der Waals surface area contributed by atoms with Gasteiger partial charge in [-0.15, -0.1) is 11.3 Å². The topological polar surface area (TPSA) is 75.3 Å². The molecule has 0 aromatic carbocycles. The molecule has 2 rings (SSSR count). The maximum Gasteiger partial charge on any atom is 0.191 e. The summed E-state index contributed by atoms with van der Waals surface area (Å²) in [6.07, 6.45) is 3.94. The highest BCUT2D eigenvalue weighted by atomic mass is 32.1. The van der Waals surface area contributed by atoms with Gasteiger partial charge in [-0.05, 0) is 27.2 Å². The van der Waals surface area contributed by atoms with Crippen LogP contribution in [0.1, 0.15) is 53.6 Å². The zero-order valence-corrected chi connectivity index (χ0v) is 16.7. The van der Waals surface area contributed by atoms with Crippen LogP contribution in [0.3, 0.4) is 0 Å². The number of nitrogens with one attached hydrogen (secondary N) is 2.